The lowest BCUT2D eigenvalue weighted by atomic mass is 10.0. The summed E-state index contributed by atoms with van der Waals surface area (Å²) in [4.78, 5) is 11.4. The highest BCUT2D eigenvalue weighted by molar-refractivity contribution is 5.79. The summed E-state index contributed by atoms with van der Waals surface area (Å²) < 4.78 is 0. The van der Waals surface area contributed by atoms with Crippen molar-refractivity contribution < 1.29 is 4.79 Å². The van der Waals surface area contributed by atoms with Gasteiger partial charge in [0.1, 0.15) is 0 Å². The minimum absolute atomic E-state index is 0.0168. The zero-order valence-corrected chi connectivity index (χ0v) is 10.7. The van der Waals surface area contributed by atoms with Gasteiger partial charge in [0.25, 0.3) is 0 Å². The van der Waals surface area contributed by atoms with E-state index in [0.29, 0.717) is 12.3 Å². The van der Waals surface area contributed by atoms with Crippen molar-refractivity contribution in [2.45, 2.75) is 26.7 Å². The fraction of sp³-hybridized carbons (Fsp3) is 0.400. The number of carbonyl (C=O) groups excluding carboxylic acids is 1. The van der Waals surface area contributed by atoms with E-state index < -0.39 is 0 Å². The van der Waals surface area contributed by atoms with Crippen LogP contribution < -0.4 is 5.32 Å². The second-order valence-electron chi connectivity index (χ2n) is 4.41. The number of hydrogen-bond acceptors (Lipinski definition) is 1. The molecule has 0 aliphatic carbocycles. The van der Waals surface area contributed by atoms with E-state index in [1.165, 1.54) is 0 Å². The topological polar surface area (TPSA) is 29.1 Å². The lowest BCUT2D eigenvalue weighted by Crippen LogP contribution is -2.20. The van der Waals surface area contributed by atoms with E-state index in [4.69, 9.17) is 0 Å². The number of carbonyl (C=O) groups is 1. The SMILES string of the molecule is CNC(=O)Cc1ccccc1C#CCC(C)C. The molecular formula is C15H19NO. The van der Waals surface area contributed by atoms with Crippen molar-refractivity contribution in [2.24, 2.45) is 5.92 Å². The predicted molar refractivity (Wildman–Crippen MR) is 70.5 cm³/mol. The summed E-state index contributed by atoms with van der Waals surface area (Å²) in [5.74, 6) is 6.89. The van der Waals surface area contributed by atoms with Crippen molar-refractivity contribution in [2.75, 3.05) is 7.05 Å². The van der Waals surface area contributed by atoms with E-state index >= 15 is 0 Å². The molecule has 1 rings (SSSR count). The van der Waals surface area contributed by atoms with Gasteiger partial charge in [-0.1, -0.05) is 43.9 Å². The molecule has 1 aromatic carbocycles. The van der Waals surface area contributed by atoms with E-state index in [9.17, 15) is 4.79 Å². The molecule has 0 spiro atoms. The summed E-state index contributed by atoms with van der Waals surface area (Å²) in [5, 5.41) is 2.63. The molecule has 0 fully saturated rings. The summed E-state index contributed by atoms with van der Waals surface area (Å²) in [7, 11) is 1.65. The highest BCUT2D eigenvalue weighted by Gasteiger charge is 2.04. The van der Waals surface area contributed by atoms with Crippen LogP contribution >= 0.6 is 0 Å². The maximum atomic E-state index is 11.4. The molecule has 0 atom stereocenters. The van der Waals surface area contributed by atoms with Crippen molar-refractivity contribution in [1.82, 2.24) is 5.32 Å². The van der Waals surface area contributed by atoms with Gasteiger partial charge in [-0.3, -0.25) is 4.79 Å². The van der Waals surface area contributed by atoms with Gasteiger partial charge >= 0.3 is 0 Å². The van der Waals surface area contributed by atoms with Crippen LogP contribution in [0.5, 0.6) is 0 Å². The average Bonchev–Trinajstić information content (AvgIpc) is 2.30. The van der Waals surface area contributed by atoms with Crippen LogP contribution in [0.15, 0.2) is 24.3 Å². The Morgan fingerprint density at radius 1 is 1.35 bits per heavy atom. The molecule has 2 heteroatoms. The molecule has 0 aliphatic heterocycles. The predicted octanol–water partition coefficient (Wildman–Crippen LogP) is 2.37. The number of benzene rings is 1. The molecule has 0 heterocycles. The Balaban J connectivity index is 2.83. The third-order valence-electron chi connectivity index (χ3n) is 2.38. The molecule has 0 aliphatic rings. The average molecular weight is 229 g/mol. The third kappa shape index (κ3) is 4.74. The van der Waals surface area contributed by atoms with Crippen molar-refractivity contribution in [3.63, 3.8) is 0 Å². The van der Waals surface area contributed by atoms with Gasteiger partial charge in [0.2, 0.25) is 5.91 Å². The normalized spacial score (nSPS) is 9.65. The van der Waals surface area contributed by atoms with E-state index in [0.717, 1.165) is 17.5 Å². The zero-order chi connectivity index (χ0) is 12.7. The lowest BCUT2D eigenvalue weighted by molar-refractivity contribution is -0.119. The Labute approximate surface area is 103 Å². The Bertz CT molecular complexity index is 438. The van der Waals surface area contributed by atoms with Gasteiger partial charge in [-0.05, 0) is 17.5 Å². The van der Waals surface area contributed by atoms with Crippen molar-refractivity contribution in [3.05, 3.63) is 35.4 Å². The highest BCUT2D eigenvalue weighted by atomic mass is 16.1. The van der Waals surface area contributed by atoms with E-state index in [1.54, 1.807) is 7.05 Å². The first-order valence-corrected chi connectivity index (χ1v) is 5.91. The molecule has 0 saturated heterocycles. The summed E-state index contributed by atoms with van der Waals surface area (Å²) in [6, 6.07) is 7.80. The van der Waals surface area contributed by atoms with Gasteiger partial charge in [-0.2, -0.15) is 0 Å². The van der Waals surface area contributed by atoms with Crippen molar-refractivity contribution >= 4 is 5.91 Å². The van der Waals surface area contributed by atoms with Gasteiger partial charge in [-0.25, -0.2) is 0 Å². The Hall–Kier alpha value is -1.75. The molecule has 0 aromatic heterocycles. The maximum absolute atomic E-state index is 11.4. The monoisotopic (exact) mass is 229 g/mol. The Kier molecular flexibility index (Phi) is 5.29. The van der Waals surface area contributed by atoms with E-state index in [-0.39, 0.29) is 5.91 Å². The van der Waals surface area contributed by atoms with Gasteiger partial charge in [-0.15, -0.1) is 0 Å². The van der Waals surface area contributed by atoms with Crippen LogP contribution in [0.25, 0.3) is 0 Å². The quantitative estimate of drug-likeness (QED) is 0.792. The first-order chi connectivity index (χ1) is 8.13. The van der Waals surface area contributed by atoms with E-state index in [2.05, 4.69) is 31.0 Å². The summed E-state index contributed by atoms with van der Waals surface area (Å²) >= 11 is 0. The summed E-state index contributed by atoms with van der Waals surface area (Å²) in [6.07, 6.45) is 1.28. The first kappa shape index (κ1) is 13.3. The molecule has 17 heavy (non-hydrogen) atoms. The minimum atomic E-state index is 0.0168. The number of hydrogen-bond donors (Lipinski definition) is 1. The molecule has 0 bridgehead atoms. The minimum Gasteiger partial charge on any atom is -0.359 e. The molecule has 90 valence electrons. The highest BCUT2D eigenvalue weighted by Crippen LogP contribution is 2.08. The largest absolute Gasteiger partial charge is 0.359 e. The van der Waals surface area contributed by atoms with Crippen molar-refractivity contribution in [1.29, 1.82) is 0 Å². The summed E-state index contributed by atoms with van der Waals surface area (Å²) in [5.41, 5.74) is 1.94. The molecule has 1 aromatic rings. The standard InChI is InChI=1S/C15H19NO/c1-12(2)7-6-10-13-8-4-5-9-14(13)11-15(17)16-3/h4-5,8-9,12H,7,11H2,1-3H3,(H,16,17). The third-order valence-corrected chi connectivity index (χ3v) is 2.38. The molecule has 2 nitrogen and oxygen atoms in total. The molecular weight excluding hydrogens is 210 g/mol. The first-order valence-electron chi connectivity index (χ1n) is 5.91. The van der Waals surface area contributed by atoms with Crippen LogP contribution in [0.3, 0.4) is 0 Å². The fourth-order valence-electron chi connectivity index (χ4n) is 1.41. The number of rotatable bonds is 3. The van der Waals surface area contributed by atoms with Gasteiger partial charge in [0, 0.05) is 19.0 Å². The van der Waals surface area contributed by atoms with Crippen LogP contribution in [0.2, 0.25) is 0 Å². The second-order valence-corrected chi connectivity index (χ2v) is 4.41. The molecule has 1 N–H and O–H groups in total. The Morgan fingerprint density at radius 3 is 2.71 bits per heavy atom. The van der Waals surface area contributed by atoms with Gasteiger partial charge in [0.15, 0.2) is 0 Å². The number of likely N-dealkylation sites (N-methyl/N-ethyl adjacent to an activating group) is 1. The Morgan fingerprint density at radius 2 is 2.06 bits per heavy atom. The summed E-state index contributed by atoms with van der Waals surface area (Å²) in [6.45, 7) is 4.29. The van der Waals surface area contributed by atoms with Crippen molar-refractivity contribution in [3.8, 4) is 11.8 Å². The van der Waals surface area contributed by atoms with E-state index in [1.807, 2.05) is 24.3 Å². The number of amides is 1. The maximum Gasteiger partial charge on any atom is 0.224 e. The fourth-order valence-corrected chi connectivity index (χ4v) is 1.41. The molecule has 0 saturated carbocycles. The lowest BCUT2D eigenvalue weighted by Gasteiger charge is -2.03. The van der Waals surface area contributed by atoms with Gasteiger partial charge < -0.3 is 5.32 Å². The smallest absolute Gasteiger partial charge is 0.224 e. The number of nitrogens with one attached hydrogen (secondary N) is 1. The van der Waals surface area contributed by atoms with Crippen LogP contribution in [0, 0.1) is 17.8 Å². The van der Waals surface area contributed by atoms with Crippen LogP contribution in [-0.2, 0) is 11.2 Å². The molecule has 0 radical (unpaired) electrons. The van der Waals surface area contributed by atoms with Crippen LogP contribution in [0.4, 0.5) is 0 Å². The van der Waals surface area contributed by atoms with Crippen LogP contribution in [0.1, 0.15) is 31.4 Å². The van der Waals surface area contributed by atoms with Crippen LogP contribution in [-0.4, -0.2) is 13.0 Å². The zero-order valence-electron chi connectivity index (χ0n) is 10.7. The molecule has 0 unspecified atom stereocenters. The second kappa shape index (κ2) is 6.75. The molecule has 1 amide bonds. The van der Waals surface area contributed by atoms with Gasteiger partial charge in [0.05, 0.1) is 6.42 Å².